The summed E-state index contributed by atoms with van der Waals surface area (Å²) in [5.41, 5.74) is 4.62. The van der Waals surface area contributed by atoms with Crippen molar-refractivity contribution >= 4 is 22.8 Å². The summed E-state index contributed by atoms with van der Waals surface area (Å²) in [4.78, 5) is 4.29. The maximum Gasteiger partial charge on any atom is 0.200 e. The first-order valence-corrected chi connectivity index (χ1v) is 6.53. The van der Waals surface area contributed by atoms with Crippen LogP contribution in [0.5, 0.6) is 17.2 Å². The third-order valence-corrected chi connectivity index (χ3v) is 3.18. The van der Waals surface area contributed by atoms with Gasteiger partial charge in [-0.2, -0.15) is 5.10 Å². The molecule has 22 heavy (non-hydrogen) atoms. The zero-order chi connectivity index (χ0) is 15.5. The molecule has 0 saturated carbocycles. The topological polar surface area (TPSA) is 98.0 Å². The SMILES string of the molecule is Oc1ccc(/C=N/Nc2cccc3cccnc23)c(O)c1O. The largest absolute Gasteiger partial charge is 0.504 e. The fraction of sp³-hybridized carbons (Fsp3) is 0. The molecule has 0 aliphatic rings. The van der Waals surface area contributed by atoms with E-state index in [1.807, 2.05) is 30.3 Å². The molecule has 0 radical (unpaired) electrons. The number of hydrogen-bond donors (Lipinski definition) is 4. The lowest BCUT2D eigenvalue weighted by molar-refractivity contribution is 0.367. The third kappa shape index (κ3) is 2.49. The van der Waals surface area contributed by atoms with E-state index in [9.17, 15) is 15.3 Å². The summed E-state index contributed by atoms with van der Waals surface area (Å²) in [5.74, 6) is -1.39. The molecule has 0 bridgehead atoms. The van der Waals surface area contributed by atoms with Gasteiger partial charge in [0.2, 0.25) is 5.75 Å². The zero-order valence-electron chi connectivity index (χ0n) is 11.4. The van der Waals surface area contributed by atoms with E-state index in [1.165, 1.54) is 18.3 Å². The van der Waals surface area contributed by atoms with Gasteiger partial charge in [-0.1, -0.05) is 18.2 Å². The third-order valence-electron chi connectivity index (χ3n) is 3.18. The lowest BCUT2D eigenvalue weighted by Crippen LogP contribution is -1.93. The number of rotatable bonds is 3. The van der Waals surface area contributed by atoms with Crippen molar-refractivity contribution in [1.29, 1.82) is 0 Å². The summed E-state index contributed by atoms with van der Waals surface area (Å²) in [6.45, 7) is 0. The lowest BCUT2D eigenvalue weighted by atomic mass is 10.2. The Morgan fingerprint density at radius 1 is 0.955 bits per heavy atom. The van der Waals surface area contributed by atoms with Gasteiger partial charge in [0.15, 0.2) is 11.5 Å². The number of aromatic nitrogens is 1. The minimum atomic E-state index is -0.573. The van der Waals surface area contributed by atoms with Crippen LogP contribution in [0.1, 0.15) is 5.56 Å². The molecule has 0 aliphatic heterocycles. The molecule has 0 unspecified atom stereocenters. The minimum absolute atomic E-state index is 0.274. The molecule has 0 atom stereocenters. The Hall–Kier alpha value is -3.28. The molecule has 0 aliphatic carbocycles. The Bertz CT molecular complexity index is 857. The first-order chi connectivity index (χ1) is 10.7. The molecule has 3 aromatic rings. The fourth-order valence-electron chi connectivity index (χ4n) is 2.05. The molecule has 0 fully saturated rings. The number of pyridine rings is 1. The smallest absolute Gasteiger partial charge is 0.200 e. The highest BCUT2D eigenvalue weighted by Crippen LogP contribution is 2.36. The molecule has 3 rings (SSSR count). The van der Waals surface area contributed by atoms with Crippen molar-refractivity contribution in [2.24, 2.45) is 5.10 Å². The number of phenols is 3. The Morgan fingerprint density at radius 2 is 1.77 bits per heavy atom. The van der Waals surface area contributed by atoms with Gasteiger partial charge in [-0.05, 0) is 24.3 Å². The van der Waals surface area contributed by atoms with Gasteiger partial charge in [-0.15, -0.1) is 0 Å². The van der Waals surface area contributed by atoms with Gasteiger partial charge in [-0.3, -0.25) is 10.4 Å². The number of hydrazone groups is 1. The molecular weight excluding hydrogens is 282 g/mol. The maximum atomic E-state index is 9.71. The van der Waals surface area contributed by atoms with E-state index in [4.69, 9.17) is 0 Å². The highest BCUT2D eigenvalue weighted by molar-refractivity contribution is 5.91. The molecular formula is C16H13N3O3. The van der Waals surface area contributed by atoms with E-state index in [0.717, 1.165) is 16.6 Å². The second-order valence-corrected chi connectivity index (χ2v) is 4.62. The second-order valence-electron chi connectivity index (χ2n) is 4.62. The number of anilines is 1. The summed E-state index contributed by atoms with van der Waals surface area (Å²) >= 11 is 0. The Kier molecular flexibility index (Phi) is 3.49. The molecule has 2 aromatic carbocycles. The summed E-state index contributed by atoms with van der Waals surface area (Å²) in [6, 6.07) is 12.2. The van der Waals surface area contributed by atoms with Crippen molar-refractivity contribution in [1.82, 2.24) is 4.98 Å². The molecule has 110 valence electrons. The number of para-hydroxylation sites is 1. The fourth-order valence-corrected chi connectivity index (χ4v) is 2.05. The predicted octanol–water partition coefficient (Wildman–Crippen LogP) is 2.80. The quantitative estimate of drug-likeness (QED) is 0.338. The number of aromatic hydroxyl groups is 3. The van der Waals surface area contributed by atoms with Crippen molar-refractivity contribution < 1.29 is 15.3 Å². The van der Waals surface area contributed by atoms with Crippen molar-refractivity contribution in [3.63, 3.8) is 0 Å². The van der Waals surface area contributed by atoms with E-state index in [0.29, 0.717) is 0 Å². The number of benzene rings is 2. The average molecular weight is 295 g/mol. The van der Waals surface area contributed by atoms with Gasteiger partial charge < -0.3 is 15.3 Å². The molecule has 1 heterocycles. The molecule has 1 aromatic heterocycles. The van der Waals surface area contributed by atoms with Crippen LogP contribution in [0.4, 0.5) is 5.69 Å². The van der Waals surface area contributed by atoms with Crippen LogP contribution in [0.3, 0.4) is 0 Å². The molecule has 6 nitrogen and oxygen atoms in total. The zero-order valence-corrected chi connectivity index (χ0v) is 11.4. The van der Waals surface area contributed by atoms with Crippen molar-refractivity contribution in [3.05, 3.63) is 54.2 Å². The summed E-state index contributed by atoms with van der Waals surface area (Å²) in [6.07, 6.45) is 3.04. The number of hydrogen-bond acceptors (Lipinski definition) is 6. The van der Waals surface area contributed by atoms with E-state index in [2.05, 4.69) is 15.5 Å². The first-order valence-electron chi connectivity index (χ1n) is 6.53. The number of nitrogens with zero attached hydrogens (tertiary/aromatic N) is 2. The van der Waals surface area contributed by atoms with E-state index >= 15 is 0 Å². The first kappa shape index (κ1) is 13.7. The van der Waals surface area contributed by atoms with E-state index < -0.39 is 11.5 Å². The van der Waals surface area contributed by atoms with Crippen LogP contribution < -0.4 is 5.43 Å². The van der Waals surface area contributed by atoms with Crippen LogP contribution in [0, 0.1) is 0 Å². The Labute approximate surface area is 126 Å². The average Bonchev–Trinajstić information content (AvgIpc) is 2.55. The second kappa shape index (κ2) is 5.61. The summed E-state index contributed by atoms with van der Waals surface area (Å²) in [7, 11) is 0. The number of fused-ring (bicyclic) bond motifs is 1. The van der Waals surface area contributed by atoms with E-state index in [-0.39, 0.29) is 11.3 Å². The highest BCUT2D eigenvalue weighted by atomic mass is 16.3. The normalized spacial score (nSPS) is 11.1. The molecule has 4 N–H and O–H groups in total. The number of nitrogens with one attached hydrogen (secondary N) is 1. The Morgan fingerprint density at radius 3 is 2.64 bits per heavy atom. The van der Waals surface area contributed by atoms with Gasteiger partial charge in [0, 0.05) is 17.1 Å². The van der Waals surface area contributed by atoms with Gasteiger partial charge >= 0.3 is 0 Å². The Balaban J connectivity index is 1.87. The highest BCUT2D eigenvalue weighted by Gasteiger charge is 2.09. The monoisotopic (exact) mass is 295 g/mol. The van der Waals surface area contributed by atoms with E-state index in [1.54, 1.807) is 6.20 Å². The van der Waals surface area contributed by atoms with Gasteiger partial charge in [0.05, 0.1) is 17.4 Å². The standard InChI is InChI=1S/C16H13N3O3/c20-13-7-6-11(15(21)16(13)22)9-18-19-12-5-1-3-10-4-2-8-17-14(10)12/h1-9,19-22H/b18-9+. The van der Waals surface area contributed by atoms with Crippen molar-refractivity contribution in [3.8, 4) is 17.2 Å². The summed E-state index contributed by atoms with van der Waals surface area (Å²) < 4.78 is 0. The molecule has 0 spiro atoms. The van der Waals surface area contributed by atoms with Gasteiger partial charge in [0.1, 0.15) is 0 Å². The molecule has 0 amide bonds. The minimum Gasteiger partial charge on any atom is -0.504 e. The van der Waals surface area contributed by atoms with Crippen LogP contribution in [0.2, 0.25) is 0 Å². The van der Waals surface area contributed by atoms with Crippen LogP contribution in [-0.2, 0) is 0 Å². The summed E-state index contributed by atoms with van der Waals surface area (Å²) in [5, 5.41) is 33.4. The van der Waals surface area contributed by atoms with Crippen LogP contribution >= 0.6 is 0 Å². The van der Waals surface area contributed by atoms with Crippen LogP contribution in [0.25, 0.3) is 10.9 Å². The van der Waals surface area contributed by atoms with Gasteiger partial charge in [0.25, 0.3) is 0 Å². The van der Waals surface area contributed by atoms with Gasteiger partial charge in [-0.25, -0.2) is 0 Å². The van der Waals surface area contributed by atoms with Crippen molar-refractivity contribution in [2.75, 3.05) is 5.43 Å². The number of phenolic OH excluding ortho intramolecular Hbond substituents is 3. The van der Waals surface area contributed by atoms with Crippen LogP contribution in [-0.4, -0.2) is 26.5 Å². The van der Waals surface area contributed by atoms with Crippen LogP contribution in [0.15, 0.2) is 53.8 Å². The maximum absolute atomic E-state index is 9.71. The lowest BCUT2D eigenvalue weighted by Gasteiger charge is -2.05. The predicted molar refractivity (Wildman–Crippen MR) is 84.4 cm³/mol. The molecule has 6 heteroatoms. The molecule has 0 saturated heterocycles. The van der Waals surface area contributed by atoms with Crippen molar-refractivity contribution in [2.45, 2.75) is 0 Å².